The average molecular weight is 356 g/mol. The van der Waals surface area contributed by atoms with E-state index in [1.807, 2.05) is 36.4 Å². The Balaban J connectivity index is 1.96. The third kappa shape index (κ3) is 4.35. The topological polar surface area (TPSA) is 52.9 Å². The van der Waals surface area contributed by atoms with Crippen molar-refractivity contribution in [2.24, 2.45) is 0 Å². The van der Waals surface area contributed by atoms with Crippen LogP contribution in [0.2, 0.25) is 0 Å². The van der Waals surface area contributed by atoms with Crippen LogP contribution in [-0.2, 0) is 4.79 Å². The molecule has 0 unspecified atom stereocenters. The number of carbonyl (C=O) groups is 1. The Morgan fingerprint density at radius 1 is 1.00 bits per heavy atom. The Morgan fingerprint density at radius 3 is 2.22 bits per heavy atom. The Bertz CT molecular complexity index is 973. The van der Waals surface area contributed by atoms with Gasteiger partial charge in [0.25, 0.3) is 5.91 Å². The number of hydrogen-bond acceptors (Lipinski definition) is 2. The first-order chi connectivity index (χ1) is 13.2. The minimum absolute atomic E-state index is 0.145. The summed E-state index contributed by atoms with van der Waals surface area (Å²) >= 11 is 0. The molecular weight excluding hydrogens is 332 g/mol. The van der Waals surface area contributed by atoms with Crippen LogP contribution in [0, 0.1) is 11.3 Å². The van der Waals surface area contributed by atoms with Crippen molar-refractivity contribution in [1.29, 1.82) is 5.26 Å². The summed E-state index contributed by atoms with van der Waals surface area (Å²) in [4.78, 5) is 12.5. The molecule has 0 aliphatic heterocycles. The van der Waals surface area contributed by atoms with Crippen molar-refractivity contribution >= 4 is 33.5 Å². The molecule has 3 rings (SSSR count). The Morgan fingerprint density at radius 2 is 1.63 bits per heavy atom. The predicted molar refractivity (Wildman–Crippen MR) is 112 cm³/mol. The van der Waals surface area contributed by atoms with Crippen LogP contribution in [0.15, 0.2) is 60.2 Å². The van der Waals surface area contributed by atoms with Crippen molar-refractivity contribution in [3.63, 3.8) is 0 Å². The van der Waals surface area contributed by atoms with Gasteiger partial charge in [0.05, 0.1) is 0 Å². The van der Waals surface area contributed by atoms with E-state index in [1.165, 1.54) is 6.42 Å². The lowest BCUT2D eigenvalue weighted by Crippen LogP contribution is -2.25. The summed E-state index contributed by atoms with van der Waals surface area (Å²) in [7, 11) is 0. The second-order valence-corrected chi connectivity index (χ2v) is 6.72. The maximum Gasteiger partial charge on any atom is 0.261 e. The Kier molecular flexibility index (Phi) is 6.22. The fourth-order valence-corrected chi connectivity index (χ4v) is 3.35. The van der Waals surface area contributed by atoms with E-state index < -0.39 is 0 Å². The van der Waals surface area contributed by atoms with Gasteiger partial charge >= 0.3 is 0 Å². The summed E-state index contributed by atoms with van der Waals surface area (Å²) in [5, 5.41) is 16.7. The third-order valence-electron chi connectivity index (χ3n) is 4.78. The second kappa shape index (κ2) is 9.00. The van der Waals surface area contributed by atoms with E-state index in [0.29, 0.717) is 6.54 Å². The van der Waals surface area contributed by atoms with E-state index in [1.54, 1.807) is 6.08 Å². The van der Waals surface area contributed by atoms with Gasteiger partial charge in [-0.2, -0.15) is 5.26 Å². The number of amides is 1. The lowest BCUT2D eigenvalue weighted by molar-refractivity contribution is -0.117. The zero-order chi connectivity index (χ0) is 19.1. The molecule has 0 saturated carbocycles. The molecule has 1 amide bonds. The number of nitrogens with one attached hydrogen (secondary N) is 1. The second-order valence-electron chi connectivity index (χ2n) is 6.72. The zero-order valence-corrected chi connectivity index (χ0v) is 15.7. The highest BCUT2D eigenvalue weighted by atomic mass is 16.1. The molecule has 0 bridgehead atoms. The molecule has 0 aliphatic carbocycles. The van der Waals surface area contributed by atoms with E-state index in [9.17, 15) is 10.1 Å². The monoisotopic (exact) mass is 356 g/mol. The lowest BCUT2D eigenvalue weighted by Gasteiger charge is -2.09. The van der Waals surface area contributed by atoms with Crippen LogP contribution in [0.3, 0.4) is 0 Å². The minimum atomic E-state index is -0.300. The van der Waals surface area contributed by atoms with Crippen molar-refractivity contribution in [2.45, 2.75) is 32.6 Å². The number of hydrogen-bond donors (Lipinski definition) is 1. The van der Waals surface area contributed by atoms with Crippen LogP contribution in [0.25, 0.3) is 27.6 Å². The first-order valence-corrected chi connectivity index (χ1v) is 9.55. The van der Waals surface area contributed by atoms with Gasteiger partial charge in [0.1, 0.15) is 11.6 Å². The normalized spacial score (nSPS) is 11.5. The fraction of sp³-hybridized carbons (Fsp3) is 0.250. The molecule has 0 fully saturated rings. The molecular formula is C24H24N2O. The van der Waals surface area contributed by atoms with Crippen LogP contribution in [0.4, 0.5) is 0 Å². The highest BCUT2D eigenvalue weighted by Crippen LogP contribution is 2.30. The van der Waals surface area contributed by atoms with Gasteiger partial charge in [0, 0.05) is 6.54 Å². The number of unbranched alkanes of at least 4 members (excludes halogenated alkanes) is 3. The van der Waals surface area contributed by atoms with Gasteiger partial charge in [-0.3, -0.25) is 4.79 Å². The fourth-order valence-electron chi connectivity index (χ4n) is 3.35. The number of nitrogens with zero attached hydrogens (tertiary/aromatic N) is 1. The predicted octanol–water partition coefficient (Wildman–Crippen LogP) is 5.60. The average Bonchev–Trinajstić information content (AvgIpc) is 2.70. The van der Waals surface area contributed by atoms with Crippen LogP contribution in [0.1, 0.15) is 38.2 Å². The van der Waals surface area contributed by atoms with E-state index in [0.717, 1.165) is 46.4 Å². The van der Waals surface area contributed by atoms with E-state index >= 15 is 0 Å². The summed E-state index contributed by atoms with van der Waals surface area (Å²) < 4.78 is 0. The highest BCUT2D eigenvalue weighted by Gasteiger charge is 2.12. The van der Waals surface area contributed by atoms with Gasteiger partial charge in [0.15, 0.2) is 0 Å². The van der Waals surface area contributed by atoms with E-state index in [2.05, 4.69) is 36.5 Å². The third-order valence-corrected chi connectivity index (χ3v) is 4.78. The van der Waals surface area contributed by atoms with Crippen LogP contribution in [0.5, 0.6) is 0 Å². The molecule has 0 aliphatic rings. The van der Waals surface area contributed by atoms with Crippen LogP contribution in [-0.4, -0.2) is 12.5 Å². The number of benzene rings is 3. The van der Waals surface area contributed by atoms with Crippen molar-refractivity contribution in [3.05, 3.63) is 65.7 Å². The molecule has 0 aromatic heterocycles. The zero-order valence-electron chi connectivity index (χ0n) is 15.7. The summed E-state index contributed by atoms with van der Waals surface area (Å²) in [5.41, 5.74) is 1.06. The molecule has 3 nitrogen and oxygen atoms in total. The SMILES string of the molecule is CCCCCCNC(=O)C(C#N)=Cc1c2ccccc2cc2ccccc12. The van der Waals surface area contributed by atoms with Gasteiger partial charge in [-0.1, -0.05) is 74.7 Å². The van der Waals surface area contributed by atoms with Crippen LogP contribution < -0.4 is 5.32 Å². The van der Waals surface area contributed by atoms with Gasteiger partial charge < -0.3 is 5.32 Å². The first kappa shape index (κ1) is 18.7. The van der Waals surface area contributed by atoms with Crippen LogP contribution >= 0.6 is 0 Å². The molecule has 0 radical (unpaired) electrons. The molecule has 0 heterocycles. The largest absolute Gasteiger partial charge is 0.351 e. The van der Waals surface area contributed by atoms with E-state index in [4.69, 9.17) is 0 Å². The molecule has 3 heteroatoms. The first-order valence-electron chi connectivity index (χ1n) is 9.55. The Labute approximate surface area is 160 Å². The summed E-state index contributed by atoms with van der Waals surface area (Å²) in [6.45, 7) is 2.76. The summed E-state index contributed by atoms with van der Waals surface area (Å²) in [6.07, 6.45) is 6.09. The molecule has 1 N–H and O–H groups in total. The summed E-state index contributed by atoms with van der Waals surface area (Å²) in [6, 6.07) is 20.4. The van der Waals surface area contributed by atoms with Crippen molar-refractivity contribution in [1.82, 2.24) is 5.32 Å². The highest BCUT2D eigenvalue weighted by molar-refractivity contribution is 6.11. The van der Waals surface area contributed by atoms with E-state index in [-0.39, 0.29) is 11.5 Å². The Hall–Kier alpha value is -3.12. The molecule has 3 aromatic rings. The summed E-state index contributed by atoms with van der Waals surface area (Å²) in [5.74, 6) is -0.300. The number of rotatable bonds is 7. The van der Waals surface area contributed by atoms with Gasteiger partial charge in [-0.25, -0.2) is 0 Å². The number of fused-ring (bicyclic) bond motifs is 2. The molecule has 0 saturated heterocycles. The van der Waals surface area contributed by atoms with Gasteiger partial charge in [-0.15, -0.1) is 0 Å². The smallest absolute Gasteiger partial charge is 0.261 e. The minimum Gasteiger partial charge on any atom is -0.351 e. The van der Waals surface area contributed by atoms with Crippen molar-refractivity contribution in [3.8, 4) is 6.07 Å². The maximum atomic E-state index is 12.5. The molecule has 0 spiro atoms. The van der Waals surface area contributed by atoms with Gasteiger partial charge in [0.2, 0.25) is 0 Å². The standard InChI is InChI=1S/C24H24N2O/c1-2-3-4-9-14-26-24(27)20(17-25)16-23-21-12-7-5-10-18(21)15-19-11-6-8-13-22(19)23/h5-8,10-13,15-16H,2-4,9,14H2,1H3,(H,26,27). The lowest BCUT2D eigenvalue weighted by atomic mass is 9.95. The maximum absolute atomic E-state index is 12.5. The van der Waals surface area contributed by atoms with Gasteiger partial charge in [-0.05, 0) is 45.7 Å². The van der Waals surface area contributed by atoms with Crippen molar-refractivity contribution < 1.29 is 4.79 Å². The molecule has 27 heavy (non-hydrogen) atoms. The number of nitriles is 1. The number of carbonyl (C=O) groups excluding carboxylic acids is 1. The van der Waals surface area contributed by atoms with Crippen molar-refractivity contribution in [2.75, 3.05) is 6.54 Å². The quantitative estimate of drug-likeness (QED) is 0.259. The molecule has 0 atom stereocenters. The molecule has 3 aromatic carbocycles. The molecule has 136 valence electrons.